The molecule has 4 rings (SSSR count). The van der Waals surface area contributed by atoms with E-state index in [9.17, 15) is 26.8 Å². The van der Waals surface area contributed by atoms with E-state index < -0.39 is 50.8 Å². The number of anilines is 2. The molecular weight excluding hydrogens is 516 g/mol. The predicted octanol–water partition coefficient (Wildman–Crippen LogP) is 4.37. The van der Waals surface area contributed by atoms with E-state index in [-0.39, 0.29) is 28.2 Å². The number of halogens is 3. The third kappa shape index (κ3) is 5.27. The highest BCUT2D eigenvalue weighted by Crippen LogP contribution is 2.41. The van der Waals surface area contributed by atoms with Gasteiger partial charge in [0.05, 0.1) is 24.9 Å². The highest BCUT2D eigenvalue weighted by Gasteiger charge is 2.44. The molecule has 12 heteroatoms. The number of hydrogen-bond donors (Lipinski definition) is 2. The van der Waals surface area contributed by atoms with E-state index >= 15 is 0 Å². The van der Waals surface area contributed by atoms with Crippen molar-refractivity contribution in [3.05, 3.63) is 47.0 Å². The summed E-state index contributed by atoms with van der Waals surface area (Å²) >= 11 is 6.04. The van der Waals surface area contributed by atoms with Gasteiger partial charge < -0.3 is 15.4 Å². The van der Waals surface area contributed by atoms with Crippen molar-refractivity contribution >= 4 is 44.8 Å². The highest BCUT2D eigenvalue weighted by molar-refractivity contribution is 7.93. The minimum atomic E-state index is -4.64. The lowest BCUT2D eigenvalue weighted by molar-refractivity contribution is -0.125. The average Bonchev–Trinajstić information content (AvgIpc) is 3.09. The molecule has 1 unspecified atom stereocenters. The summed E-state index contributed by atoms with van der Waals surface area (Å²) in [6, 6.07) is 3.61. The van der Waals surface area contributed by atoms with E-state index in [1.54, 1.807) is 0 Å². The number of fused-ring (bicyclic) bond motifs is 1. The lowest BCUT2D eigenvalue weighted by atomic mass is 10.1. The van der Waals surface area contributed by atoms with Gasteiger partial charge in [-0.25, -0.2) is 17.2 Å². The highest BCUT2D eigenvalue weighted by atomic mass is 35.5. The van der Waals surface area contributed by atoms with Gasteiger partial charge in [-0.15, -0.1) is 0 Å². The molecular formula is C24H26ClF2N3O5S. The Labute approximate surface area is 213 Å². The first-order valence-corrected chi connectivity index (χ1v) is 13.4. The Morgan fingerprint density at radius 1 is 1.14 bits per heavy atom. The second-order valence-corrected chi connectivity index (χ2v) is 11.1. The number of ether oxygens (including phenoxy) is 1. The zero-order chi connectivity index (χ0) is 26.0. The Bertz CT molecular complexity index is 1280. The van der Waals surface area contributed by atoms with Gasteiger partial charge in [0, 0.05) is 23.2 Å². The molecule has 2 aromatic carbocycles. The largest absolute Gasteiger partial charge is 0.495 e. The average molecular weight is 542 g/mol. The van der Waals surface area contributed by atoms with Gasteiger partial charge in [-0.1, -0.05) is 37.3 Å². The van der Waals surface area contributed by atoms with Gasteiger partial charge in [-0.05, 0) is 31.0 Å². The van der Waals surface area contributed by atoms with Crippen LogP contribution in [0.3, 0.4) is 0 Å². The maximum Gasteiger partial charge on any atom is 0.268 e. The van der Waals surface area contributed by atoms with Gasteiger partial charge in [0.1, 0.15) is 16.7 Å². The molecule has 8 nitrogen and oxygen atoms in total. The van der Waals surface area contributed by atoms with E-state index in [4.69, 9.17) is 16.3 Å². The van der Waals surface area contributed by atoms with Crippen LogP contribution in [0.2, 0.25) is 5.02 Å². The number of carbonyl (C=O) groups excluding carboxylic acids is 2. The fraction of sp³-hybridized carbons (Fsp3) is 0.417. The fourth-order valence-electron chi connectivity index (χ4n) is 4.63. The van der Waals surface area contributed by atoms with Gasteiger partial charge in [-0.2, -0.15) is 0 Å². The van der Waals surface area contributed by atoms with Crippen molar-refractivity contribution in [2.24, 2.45) is 0 Å². The smallest absolute Gasteiger partial charge is 0.268 e. The first-order chi connectivity index (χ1) is 17.1. The third-order valence-electron chi connectivity index (χ3n) is 6.38. The molecule has 0 saturated heterocycles. The minimum Gasteiger partial charge on any atom is -0.495 e. The summed E-state index contributed by atoms with van der Waals surface area (Å²) in [5.41, 5.74) is -0.563. The van der Waals surface area contributed by atoms with E-state index in [0.717, 1.165) is 44.6 Å². The maximum absolute atomic E-state index is 14.3. The lowest BCUT2D eigenvalue weighted by Crippen LogP contribution is -2.53. The van der Waals surface area contributed by atoms with Crippen molar-refractivity contribution in [2.75, 3.05) is 16.7 Å². The summed E-state index contributed by atoms with van der Waals surface area (Å²) < 4.78 is 61.9. The first-order valence-electron chi connectivity index (χ1n) is 11.6. The van der Waals surface area contributed by atoms with Crippen molar-refractivity contribution in [3.63, 3.8) is 0 Å². The number of sulfonamides is 1. The number of nitrogens with one attached hydrogen (secondary N) is 2. The molecule has 1 saturated carbocycles. The monoisotopic (exact) mass is 541 g/mol. The van der Waals surface area contributed by atoms with Gasteiger partial charge >= 0.3 is 0 Å². The number of amides is 2. The predicted molar refractivity (Wildman–Crippen MR) is 131 cm³/mol. The Kier molecular flexibility index (Phi) is 7.70. The molecule has 1 fully saturated rings. The minimum absolute atomic E-state index is 0.0730. The van der Waals surface area contributed by atoms with Gasteiger partial charge in [-0.3, -0.25) is 13.9 Å². The summed E-state index contributed by atoms with van der Waals surface area (Å²) in [5.74, 6) is -4.03. The van der Waals surface area contributed by atoms with E-state index in [2.05, 4.69) is 10.6 Å². The quantitative estimate of drug-likeness (QED) is 0.528. The summed E-state index contributed by atoms with van der Waals surface area (Å²) in [4.78, 5) is 25.6. The Hall–Kier alpha value is -2.92. The number of rotatable bonds is 6. The van der Waals surface area contributed by atoms with Gasteiger partial charge in [0.25, 0.3) is 10.0 Å². The van der Waals surface area contributed by atoms with Gasteiger partial charge in [0.2, 0.25) is 11.8 Å². The van der Waals surface area contributed by atoms with E-state index in [1.165, 1.54) is 19.2 Å². The number of benzene rings is 2. The van der Waals surface area contributed by atoms with Crippen LogP contribution in [0, 0.1) is 11.6 Å². The first kappa shape index (κ1) is 26.2. The van der Waals surface area contributed by atoms with Crippen molar-refractivity contribution in [1.29, 1.82) is 0 Å². The van der Waals surface area contributed by atoms with Crippen LogP contribution >= 0.6 is 11.6 Å². The van der Waals surface area contributed by atoms with Crippen LogP contribution in [-0.4, -0.2) is 39.4 Å². The molecule has 2 aromatic rings. The molecule has 1 aliphatic heterocycles. The fourth-order valence-corrected chi connectivity index (χ4v) is 6.67. The van der Waals surface area contributed by atoms with Gasteiger partial charge in [0.15, 0.2) is 11.6 Å². The van der Waals surface area contributed by atoms with E-state index in [0.29, 0.717) is 16.4 Å². The number of nitrogens with zero attached hydrogens (tertiary/aromatic N) is 1. The van der Waals surface area contributed by atoms with Crippen LogP contribution in [0.5, 0.6) is 5.75 Å². The van der Waals surface area contributed by atoms with Crippen molar-refractivity contribution in [3.8, 4) is 5.75 Å². The topological polar surface area (TPSA) is 105 Å². The molecule has 1 heterocycles. The summed E-state index contributed by atoms with van der Waals surface area (Å²) in [6.45, 7) is 0. The summed E-state index contributed by atoms with van der Waals surface area (Å²) in [5, 5.41) is 5.37. The molecule has 0 aromatic heterocycles. The number of methoxy groups -OCH3 is 1. The van der Waals surface area contributed by atoms with Crippen LogP contribution in [0.1, 0.15) is 44.9 Å². The SMILES string of the molecule is COc1ccc(Cl)cc1S(=O)(=O)N1c2cc(F)c(F)cc2NC(=O)C1CC(=O)NC1CCCCCC1. The molecule has 0 spiro atoms. The standard InChI is InChI=1S/C24H26ClF2N3O5S/c1-35-21-9-8-14(25)10-22(21)36(33,34)30-19-12-17(27)16(26)11-18(19)29-24(32)20(30)13-23(31)28-15-6-4-2-3-5-7-15/h8-12,15,20H,2-7,13H2,1H3,(H,28,31)(H,29,32). The second-order valence-electron chi connectivity index (χ2n) is 8.84. The second kappa shape index (κ2) is 10.6. The molecule has 2 amide bonds. The lowest BCUT2D eigenvalue weighted by Gasteiger charge is -2.37. The Morgan fingerprint density at radius 2 is 1.81 bits per heavy atom. The Balaban J connectivity index is 1.77. The molecule has 0 radical (unpaired) electrons. The molecule has 1 aliphatic carbocycles. The normalized spacial score (nSPS) is 18.7. The van der Waals surface area contributed by atoms with Crippen LogP contribution in [-0.2, 0) is 19.6 Å². The van der Waals surface area contributed by atoms with Crippen molar-refractivity contribution in [2.45, 2.75) is 61.9 Å². The van der Waals surface area contributed by atoms with E-state index in [1.807, 2.05) is 0 Å². The van der Waals surface area contributed by atoms with Crippen molar-refractivity contribution < 1.29 is 31.5 Å². The molecule has 194 valence electrons. The summed E-state index contributed by atoms with van der Waals surface area (Å²) in [6.07, 6.45) is 5.12. The molecule has 2 aliphatic rings. The molecule has 1 atom stereocenters. The molecule has 2 N–H and O–H groups in total. The number of hydrogen-bond acceptors (Lipinski definition) is 5. The zero-order valence-corrected chi connectivity index (χ0v) is 21.1. The maximum atomic E-state index is 14.3. The van der Waals surface area contributed by atoms with Crippen LogP contribution in [0.25, 0.3) is 0 Å². The van der Waals surface area contributed by atoms with Crippen LogP contribution in [0.4, 0.5) is 20.2 Å². The zero-order valence-electron chi connectivity index (χ0n) is 19.5. The van der Waals surface area contributed by atoms with Crippen molar-refractivity contribution in [1.82, 2.24) is 5.32 Å². The molecule has 0 bridgehead atoms. The van der Waals surface area contributed by atoms with Crippen LogP contribution < -0.4 is 19.7 Å². The Morgan fingerprint density at radius 3 is 2.47 bits per heavy atom. The molecule has 36 heavy (non-hydrogen) atoms. The van der Waals surface area contributed by atoms with Crippen LogP contribution in [0.15, 0.2) is 35.2 Å². The number of carbonyl (C=O) groups is 2. The summed E-state index contributed by atoms with van der Waals surface area (Å²) in [7, 11) is -3.39. The third-order valence-corrected chi connectivity index (χ3v) is 8.46.